The van der Waals surface area contributed by atoms with E-state index in [1.165, 1.54) is 0 Å². The van der Waals surface area contributed by atoms with Crippen LogP contribution in [0.25, 0.3) is 0 Å². The molecule has 0 amide bonds. The molecule has 0 unspecified atom stereocenters. The summed E-state index contributed by atoms with van der Waals surface area (Å²) < 4.78 is 12.3. The first-order chi connectivity index (χ1) is 8.65. The number of nitrogen functional groups attached to an aromatic ring is 1. The van der Waals surface area contributed by atoms with Crippen LogP contribution in [0.2, 0.25) is 5.02 Å². The van der Waals surface area contributed by atoms with Gasteiger partial charge in [0.25, 0.3) is 0 Å². The predicted molar refractivity (Wildman–Crippen MR) is 65.8 cm³/mol. The summed E-state index contributed by atoms with van der Waals surface area (Å²) in [6, 6.07) is 3.71. The Kier molecular flexibility index (Phi) is 2.52. The molecule has 0 saturated heterocycles. The number of nitrogens with two attached hydrogens (primary N) is 1. The first kappa shape index (κ1) is 11.2. The Labute approximate surface area is 108 Å². The molecule has 1 aliphatic heterocycles. The molecule has 6 nitrogen and oxygen atoms in total. The molecule has 18 heavy (non-hydrogen) atoms. The van der Waals surface area contributed by atoms with Crippen LogP contribution in [0.5, 0.6) is 11.5 Å². The average molecular weight is 267 g/mol. The van der Waals surface area contributed by atoms with E-state index in [0.29, 0.717) is 28.9 Å². The summed E-state index contributed by atoms with van der Waals surface area (Å²) in [6.45, 7) is 2.60. The highest BCUT2D eigenvalue weighted by Crippen LogP contribution is 2.39. The van der Waals surface area contributed by atoms with E-state index in [1.54, 1.807) is 4.68 Å². The molecule has 0 atom stereocenters. The van der Waals surface area contributed by atoms with E-state index >= 15 is 0 Å². The first-order valence-corrected chi connectivity index (χ1v) is 5.76. The van der Waals surface area contributed by atoms with Crippen LogP contribution in [0.1, 0.15) is 11.3 Å². The van der Waals surface area contributed by atoms with Gasteiger partial charge in [-0.1, -0.05) is 16.8 Å². The van der Waals surface area contributed by atoms with Crippen molar-refractivity contribution in [1.29, 1.82) is 0 Å². The number of fused-ring (bicyclic) bond motifs is 1. The Morgan fingerprint density at radius 3 is 3.00 bits per heavy atom. The molecular weight excluding hydrogens is 256 g/mol. The van der Waals surface area contributed by atoms with Crippen molar-refractivity contribution >= 4 is 17.4 Å². The lowest BCUT2D eigenvalue weighted by Gasteiger charge is -2.06. The number of halogens is 1. The highest BCUT2D eigenvalue weighted by Gasteiger charge is 2.18. The highest BCUT2D eigenvalue weighted by atomic mass is 35.5. The van der Waals surface area contributed by atoms with Gasteiger partial charge in [0, 0.05) is 0 Å². The van der Waals surface area contributed by atoms with Gasteiger partial charge in [0.15, 0.2) is 17.3 Å². The number of aromatic nitrogens is 3. The fraction of sp³-hybridized carbons (Fsp3) is 0.273. The van der Waals surface area contributed by atoms with E-state index in [1.807, 2.05) is 19.1 Å². The van der Waals surface area contributed by atoms with Crippen molar-refractivity contribution in [3.63, 3.8) is 0 Å². The van der Waals surface area contributed by atoms with Gasteiger partial charge in [0.05, 0.1) is 17.3 Å². The minimum Gasteiger partial charge on any atom is -0.454 e. The van der Waals surface area contributed by atoms with E-state index in [-0.39, 0.29) is 6.79 Å². The zero-order valence-electron chi connectivity index (χ0n) is 9.68. The topological polar surface area (TPSA) is 75.2 Å². The molecule has 94 valence electrons. The van der Waals surface area contributed by atoms with Gasteiger partial charge in [-0.2, -0.15) is 0 Å². The predicted octanol–water partition coefficient (Wildman–Crippen LogP) is 1.60. The van der Waals surface area contributed by atoms with Gasteiger partial charge in [0.1, 0.15) is 0 Å². The summed E-state index contributed by atoms with van der Waals surface area (Å²) in [7, 11) is 0. The van der Waals surface area contributed by atoms with E-state index in [2.05, 4.69) is 10.3 Å². The van der Waals surface area contributed by atoms with Gasteiger partial charge in [-0.15, -0.1) is 5.10 Å². The number of anilines is 1. The van der Waals surface area contributed by atoms with Gasteiger partial charge in [-0.25, -0.2) is 4.68 Å². The summed E-state index contributed by atoms with van der Waals surface area (Å²) >= 11 is 6.11. The van der Waals surface area contributed by atoms with Gasteiger partial charge in [-0.05, 0) is 24.6 Å². The van der Waals surface area contributed by atoms with Crippen molar-refractivity contribution in [2.45, 2.75) is 13.5 Å². The molecule has 0 saturated carbocycles. The van der Waals surface area contributed by atoms with Crippen LogP contribution < -0.4 is 15.2 Å². The third-order valence-electron chi connectivity index (χ3n) is 2.84. The Morgan fingerprint density at radius 2 is 2.28 bits per heavy atom. The van der Waals surface area contributed by atoms with Gasteiger partial charge in [0.2, 0.25) is 6.79 Å². The van der Waals surface area contributed by atoms with E-state index < -0.39 is 0 Å². The number of benzene rings is 1. The standard InChI is InChI=1S/C11H11ClN4O2/c1-6-11(13)14-15-16(6)4-7-2-8(12)10-9(3-7)17-5-18-10/h2-3H,4-5,13H2,1H3. The smallest absolute Gasteiger partial charge is 0.231 e. The zero-order valence-corrected chi connectivity index (χ0v) is 10.4. The Hall–Kier alpha value is -1.95. The molecule has 1 aliphatic rings. The van der Waals surface area contributed by atoms with Crippen LogP contribution in [0, 0.1) is 6.92 Å². The Morgan fingerprint density at radius 1 is 1.44 bits per heavy atom. The SMILES string of the molecule is Cc1c(N)nnn1Cc1cc(Cl)c2c(c1)OCO2. The number of nitrogens with zero attached hydrogens (tertiary/aromatic N) is 3. The molecule has 2 heterocycles. The molecule has 2 N–H and O–H groups in total. The molecule has 2 aromatic rings. The molecule has 3 rings (SSSR count). The largest absolute Gasteiger partial charge is 0.454 e. The van der Waals surface area contributed by atoms with Crippen LogP contribution in [-0.4, -0.2) is 21.8 Å². The van der Waals surface area contributed by atoms with Crippen molar-refractivity contribution < 1.29 is 9.47 Å². The van der Waals surface area contributed by atoms with E-state index in [0.717, 1.165) is 11.3 Å². The second kappa shape index (κ2) is 4.06. The van der Waals surface area contributed by atoms with Crippen molar-refractivity contribution in [3.8, 4) is 11.5 Å². The molecule has 0 bridgehead atoms. The molecule has 0 radical (unpaired) electrons. The Balaban J connectivity index is 1.94. The molecule has 1 aromatic heterocycles. The molecule has 1 aromatic carbocycles. The van der Waals surface area contributed by atoms with E-state index in [4.69, 9.17) is 26.8 Å². The lowest BCUT2D eigenvalue weighted by atomic mass is 10.2. The van der Waals surface area contributed by atoms with Crippen LogP contribution in [-0.2, 0) is 6.54 Å². The highest BCUT2D eigenvalue weighted by molar-refractivity contribution is 6.32. The fourth-order valence-electron chi connectivity index (χ4n) is 1.81. The molecular formula is C11H11ClN4O2. The minimum atomic E-state index is 0.202. The third kappa shape index (κ3) is 1.74. The van der Waals surface area contributed by atoms with Crippen molar-refractivity contribution in [2.24, 2.45) is 0 Å². The second-order valence-corrected chi connectivity index (χ2v) is 4.44. The summed E-state index contributed by atoms with van der Waals surface area (Å²) in [5.74, 6) is 1.68. The van der Waals surface area contributed by atoms with Gasteiger partial charge in [-0.3, -0.25) is 0 Å². The van der Waals surface area contributed by atoms with E-state index in [9.17, 15) is 0 Å². The maximum Gasteiger partial charge on any atom is 0.231 e. The van der Waals surface area contributed by atoms with Crippen molar-refractivity contribution in [2.75, 3.05) is 12.5 Å². The average Bonchev–Trinajstić information content (AvgIpc) is 2.91. The summed E-state index contributed by atoms with van der Waals surface area (Å²) in [5.41, 5.74) is 7.43. The fourth-order valence-corrected chi connectivity index (χ4v) is 2.10. The van der Waals surface area contributed by atoms with Crippen molar-refractivity contribution in [1.82, 2.24) is 15.0 Å². The molecule has 0 aliphatic carbocycles. The van der Waals surface area contributed by atoms with Gasteiger partial charge < -0.3 is 15.2 Å². The zero-order chi connectivity index (χ0) is 12.7. The van der Waals surface area contributed by atoms with Crippen LogP contribution in [0.3, 0.4) is 0 Å². The number of hydrogen-bond donors (Lipinski definition) is 1. The number of ether oxygens (including phenoxy) is 2. The Bertz CT molecular complexity index is 611. The summed E-state index contributed by atoms with van der Waals surface area (Å²) in [4.78, 5) is 0. The van der Waals surface area contributed by atoms with Crippen LogP contribution in [0.15, 0.2) is 12.1 Å². The third-order valence-corrected chi connectivity index (χ3v) is 3.12. The quantitative estimate of drug-likeness (QED) is 0.894. The maximum absolute atomic E-state index is 6.11. The monoisotopic (exact) mass is 266 g/mol. The first-order valence-electron chi connectivity index (χ1n) is 5.38. The summed E-state index contributed by atoms with van der Waals surface area (Å²) in [6.07, 6.45) is 0. The number of rotatable bonds is 2. The number of hydrogen-bond acceptors (Lipinski definition) is 5. The summed E-state index contributed by atoms with van der Waals surface area (Å²) in [5, 5.41) is 8.30. The van der Waals surface area contributed by atoms with Crippen LogP contribution in [0.4, 0.5) is 5.82 Å². The van der Waals surface area contributed by atoms with Gasteiger partial charge >= 0.3 is 0 Å². The molecule has 0 fully saturated rings. The lowest BCUT2D eigenvalue weighted by molar-refractivity contribution is 0.174. The van der Waals surface area contributed by atoms with Crippen LogP contribution >= 0.6 is 11.6 Å². The van der Waals surface area contributed by atoms with Crippen molar-refractivity contribution in [3.05, 3.63) is 28.4 Å². The molecule has 7 heteroatoms. The minimum absolute atomic E-state index is 0.202. The maximum atomic E-state index is 6.11. The normalized spacial score (nSPS) is 13.0. The lowest BCUT2D eigenvalue weighted by Crippen LogP contribution is -2.04. The molecule has 0 spiro atoms. The second-order valence-electron chi connectivity index (χ2n) is 4.03.